The molecule has 1 N–H and O–H groups in total. The van der Waals surface area contributed by atoms with Gasteiger partial charge in [-0.1, -0.05) is 36.7 Å². The maximum atomic E-state index is 12.8. The van der Waals surface area contributed by atoms with Gasteiger partial charge in [-0.05, 0) is 68.1 Å². The lowest BCUT2D eigenvalue weighted by atomic mass is 9.49. The molecule has 4 fully saturated rings. The van der Waals surface area contributed by atoms with E-state index in [4.69, 9.17) is 0 Å². The predicted molar refractivity (Wildman–Crippen MR) is 90.4 cm³/mol. The van der Waals surface area contributed by atoms with Crippen molar-refractivity contribution in [1.82, 2.24) is 5.32 Å². The number of amides is 1. The maximum Gasteiger partial charge on any atom is 0.226 e. The molecule has 120 valence electrons. The highest BCUT2D eigenvalue weighted by atomic mass is 79.9. The van der Waals surface area contributed by atoms with Gasteiger partial charge >= 0.3 is 0 Å². The number of alkyl halides is 1. The molecule has 4 saturated carbocycles. The third kappa shape index (κ3) is 3.48. The van der Waals surface area contributed by atoms with Gasteiger partial charge in [0.2, 0.25) is 5.91 Å². The number of halogens is 1. The van der Waals surface area contributed by atoms with Gasteiger partial charge in [-0.3, -0.25) is 4.79 Å². The zero-order valence-corrected chi connectivity index (χ0v) is 15.3. The van der Waals surface area contributed by atoms with Gasteiger partial charge in [0.1, 0.15) is 0 Å². The fourth-order valence-corrected chi connectivity index (χ4v) is 6.65. The van der Waals surface area contributed by atoms with Crippen molar-refractivity contribution in [1.29, 1.82) is 0 Å². The highest BCUT2D eigenvalue weighted by molar-refractivity contribution is 9.09. The van der Waals surface area contributed by atoms with Crippen LogP contribution in [0.5, 0.6) is 0 Å². The Morgan fingerprint density at radius 2 is 1.62 bits per heavy atom. The van der Waals surface area contributed by atoms with Crippen molar-refractivity contribution in [2.75, 3.05) is 6.54 Å². The van der Waals surface area contributed by atoms with Crippen molar-refractivity contribution in [2.24, 2.45) is 28.6 Å². The SMILES string of the molecule is CC(C)(C)CC(Br)CNC(=O)C12CC3CC(CC(C3)C1)C2. The third-order valence-corrected chi connectivity index (χ3v) is 6.49. The first-order valence-corrected chi connectivity index (χ1v) is 9.60. The van der Waals surface area contributed by atoms with Gasteiger partial charge in [0.15, 0.2) is 0 Å². The van der Waals surface area contributed by atoms with E-state index in [0.717, 1.165) is 50.0 Å². The van der Waals surface area contributed by atoms with E-state index in [1.54, 1.807) is 0 Å². The van der Waals surface area contributed by atoms with Crippen LogP contribution >= 0.6 is 15.9 Å². The Labute approximate surface area is 138 Å². The van der Waals surface area contributed by atoms with Crippen LogP contribution in [-0.4, -0.2) is 17.3 Å². The lowest BCUT2D eigenvalue weighted by Gasteiger charge is -2.55. The molecule has 3 heteroatoms. The van der Waals surface area contributed by atoms with Gasteiger partial charge in [-0.2, -0.15) is 0 Å². The summed E-state index contributed by atoms with van der Waals surface area (Å²) >= 11 is 3.74. The minimum absolute atomic E-state index is 0.00318. The molecule has 4 aliphatic carbocycles. The van der Waals surface area contributed by atoms with E-state index >= 15 is 0 Å². The molecule has 1 atom stereocenters. The number of hydrogen-bond acceptors (Lipinski definition) is 1. The monoisotopic (exact) mass is 355 g/mol. The summed E-state index contributed by atoms with van der Waals surface area (Å²) in [6.45, 7) is 7.53. The number of nitrogens with one attached hydrogen (secondary N) is 1. The zero-order valence-electron chi connectivity index (χ0n) is 13.8. The van der Waals surface area contributed by atoms with Crippen molar-refractivity contribution in [3.05, 3.63) is 0 Å². The quantitative estimate of drug-likeness (QED) is 0.738. The lowest BCUT2D eigenvalue weighted by Crippen LogP contribution is -2.54. The van der Waals surface area contributed by atoms with Crippen LogP contribution in [0.3, 0.4) is 0 Å². The first kappa shape index (κ1) is 15.8. The third-order valence-electron chi connectivity index (χ3n) is 5.84. The summed E-state index contributed by atoms with van der Waals surface area (Å²) in [6, 6.07) is 0. The minimum atomic E-state index is 0.00318. The van der Waals surface area contributed by atoms with E-state index in [2.05, 4.69) is 42.0 Å². The first-order chi connectivity index (χ1) is 9.76. The number of rotatable bonds is 4. The Balaban J connectivity index is 1.56. The van der Waals surface area contributed by atoms with Crippen LogP contribution in [0.25, 0.3) is 0 Å². The molecule has 1 unspecified atom stereocenters. The summed E-state index contributed by atoms with van der Waals surface area (Å²) in [6.07, 6.45) is 8.78. The van der Waals surface area contributed by atoms with E-state index in [0.29, 0.717) is 16.1 Å². The van der Waals surface area contributed by atoms with Crippen LogP contribution in [0.1, 0.15) is 65.7 Å². The fourth-order valence-electron chi connectivity index (χ4n) is 5.52. The molecule has 1 amide bonds. The standard InChI is InChI=1S/C18H30BrNO/c1-17(2,3)10-15(19)11-20-16(21)18-7-12-4-13(8-18)6-14(5-12)9-18/h12-15H,4-11H2,1-3H3,(H,20,21). The van der Waals surface area contributed by atoms with Gasteiger partial charge in [-0.25, -0.2) is 0 Å². The smallest absolute Gasteiger partial charge is 0.226 e. The van der Waals surface area contributed by atoms with E-state index in [9.17, 15) is 4.79 Å². The second-order valence-electron chi connectivity index (χ2n) is 9.27. The molecule has 0 heterocycles. The first-order valence-electron chi connectivity index (χ1n) is 8.68. The second-order valence-corrected chi connectivity index (χ2v) is 10.6. The Bertz CT molecular complexity index is 377. The second kappa shape index (κ2) is 5.54. The van der Waals surface area contributed by atoms with E-state index in [1.807, 2.05) is 0 Å². The molecule has 0 aromatic carbocycles. The molecule has 0 aromatic heterocycles. The molecule has 21 heavy (non-hydrogen) atoms. The van der Waals surface area contributed by atoms with Crippen molar-refractivity contribution < 1.29 is 4.79 Å². The van der Waals surface area contributed by atoms with Gasteiger partial charge in [0, 0.05) is 16.8 Å². The molecular formula is C18H30BrNO. The van der Waals surface area contributed by atoms with Crippen LogP contribution in [0, 0.1) is 28.6 Å². The number of carbonyl (C=O) groups is 1. The van der Waals surface area contributed by atoms with Crippen LogP contribution in [0.15, 0.2) is 0 Å². The summed E-state index contributed by atoms with van der Waals surface area (Å²) in [5.41, 5.74) is 0.308. The molecule has 4 aliphatic rings. The molecule has 0 aromatic rings. The molecule has 0 aliphatic heterocycles. The van der Waals surface area contributed by atoms with Crippen LogP contribution < -0.4 is 5.32 Å². The highest BCUT2D eigenvalue weighted by Gasteiger charge is 2.54. The largest absolute Gasteiger partial charge is 0.354 e. The van der Waals surface area contributed by atoms with Crippen LogP contribution in [-0.2, 0) is 4.79 Å². The summed E-state index contributed by atoms with van der Waals surface area (Å²) in [4.78, 5) is 13.2. The van der Waals surface area contributed by atoms with Crippen molar-refractivity contribution in [3.8, 4) is 0 Å². The summed E-state index contributed by atoms with van der Waals surface area (Å²) in [5.74, 6) is 2.89. The number of hydrogen-bond donors (Lipinski definition) is 1. The molecule has 0 saturated heterocycles. The minimum Gasteiger partial charge on any atom is -0.354 e. The van der Waals surface area contributed by atoms with Gasteiger partial charge in [0.25, 0.3) is 0 Å². The molecule has 0 radical (unpaired) electrons. The lowest BCUT2D eigenvalue weighted by molar-refractivity contribution is -0.146. The average molecular weight is 356 g/mol. The summed E-state index contributed by atoms with van der Waals surface area (Å²) in [5, 5.41) is 3.28. The van der Waals surface area contributed by atoms with E-state index < -0.39 is 0 Å². The Hall–Kier alpha value is -0.0500. The van der Waals surface area contributed by atoms with Crippen molar-refractivity contribution in [2.45, 2.75) is 70.5 Å². The molecular weight excluding hydrogens is 326 g/mol. The van der Waals surface area contributed by atoms with E-state index in [-0.39, 0.29) is 5.41 Å². The van der Waals surface area contributed by atoms with Crippen molar-refractivity contribution >= 4 is 21.8 Å². The predicted octanol–water partition coefficient (Wildman–Crippen LogP) is 4.52. The molecule has 4 bridgehead atoms. The molecule has 2 nitrogen and oxygen atoms in total. The van der Waals surface area contributed by atoms with Crippen LogP contribution in [0.4, 0.5) is 0 Å². The Kier molecular flexibility index (Phi) is 4.18. The van der Waals surface area contributed by atoms with Gasteiger partial charge in [-0.15, -0.1) is 0 Å². The fraction of sp³-hybridized carbons (Fsp3) is 0.944. The zero-order chi connectivity index (χ0) is 15.3. The number of carbonyl (C=O) groups excluding carboxylic acids is 1. The maximum absolute atomic E-state index is 12.8. The summed E-state index contributed by atoms with van der Waals surface area (Å²) < 4.78 is 0. The van der Waals surface area contributed by atoms with Gasteiger partial charge < -0.3 is 5.32 Å². The summed E-state index contributed by atoms with van der Waals surface area (Å²) in [7, 11) is 0. The topological polar surface area (TPSA) is 29.1 Å². The normalized spacial score (nSPS) is 39.3. The van der Waals surface area contributed by atoms with Crippen molar-refractivity contribution in [3.63, 3.8) is 0 Å². The van der Waals surface area contributed by atoms with Gasteiger partial charge in [0.05, 0.1) is 0 Å². The Morgan fingerprint density at radius 1 is 1.14 bits per heavy atom. The van der Waals surface area contributed by atoms with Crippen LogP contribution in [0.2, 0.25) is 0 Å². The average Bonchev–Trinajstić information content (AvgIpc) is 2.32. The Morgan fingerprint density at radius 3 is 2.05 bits per heavy atom. The highest BCUT2D eigenvalue weighted by Crippen LogP contribution is 2.60. The molecule has 4 rings (SSSR count). The molecule has 0 spiro atoms. The van der Waals surface area contributed by atoms with E-state index in [1.165, 1.54) is 19.3 Å².